The minimum atomic E-state index is -0.801. The SMILES string of the molecule is N#CC1C(=N)OC2=C(CCC/C2=C\c2c(Cl)cccc2Cl)C1c1c(Cl)cccc1Cl. The highest BCUT2D eigenvalue weighted by Gasteiger charge is 2.42. The summed E-state index contributed by atoms with van der Waals surface area (Å²) in [6.45, 7) is 0. The summed E-state index contributed by atoms with van der Waals surface area (Å²) in [5, 5.41) is 20.2. The smallest absolute Gasteiger partial charge is 0.205 e. The van der Waals surface area contributed by atoms with Crippen LogP contribution in [-0.2, 0) is 4.74 Å². The van der Waals surface area contributed by atoms with Crippen molar-refractivity contribution in [3.63, 3.8) is 0 Å². The van der Waals surface area contributed by atoms with Crippen molar-refractivity contribution in [1.29, 1.82) is 10.7 Å². The van der Waals surface area contributed by atoms with Crippen LogP contribution in [0, 0.1) is 22.7 Å². The molecule has 0 saturated carbocycles. The van der Waals surface area contributed by atoms with E-state index in [-0.39, 0.29) is 5.90 Å². The maximum absolute atomic E-state index is 9.81. The second-order valence-electron chi connectivity index (χ2n) is 7.20. The van der Waals surface area contributed by atoms with Crippen molar-refractivity contribution in [2.24, 2.45) is 5.92 Å². The van der Waals surface area contributed by atoms with Gasteiger partial charge in [-0.1, -0.05) is 58.5 Å². The van der Waals surface area contributed by atoms with Crippen LogP contribution in [0.1, 0.15) is 36.3 Å². The van der Waals surface area contributed by atoms with E-state index in [1.807, 2.05) is 6.08 Å². The van der Waals surface area contributed by atoms with Gasteiger partial charge in [0.2, 0.25) is 5.90 Å². The van der Waals surface area contributed by atoms with Crippen LogP contribution in [0.2, 0.25) is 20.1 Å². The Hall–Kier alpha value is -1.96. The molecule has 7 heteroatoms. The summed E-state index contributed by atoms with van der Waals surface area (Å²) in [6, 6.07) is 12.8. The molecule has 1 heterocycles. The monoisotopic (exact) mass is 476 g/mol. The zero-order valence-electron chi connectivity index (χ0n) is 15.7. The number of halogens is 4. The first kappa shape index (κ1) is 21.3. The predicted octanol–water partition coefficient (Wildman–Crippen LogP) is 8.05. The van der Waals surface area contributed by atoms with Crippen LogP contribution in [0.25, 0.3) is 6.08 Å². The summed E-state index contributed by atoms with van der Waals surface area (Å²) in [5.41, 5.74) is 3.17. The number of allylic oxidation sites excluding steroid dienone is 2. The third kappa shape index (κ3) is 3.74. The summed E-state index contributed by atoms with van der Waals surface area (Å²) in [7, 11) is 0. The zero-order chi connectivity index (χ0) is 21.4. The number of ether oxygens (including phenoxy) is 1. The first-order valence-electron chi connectivity index (χ1n) is 9.40. The molecule has 0 aromatic heterocycles. The van der Waals surface area contributed by atoms with Gasteiger partial charge in [-0.3, -0.25) is 5.41 Å². The first-order valence-corrected chi connectivity index (χ1v) is 10.9. The van der Waals surface area contributed by atoms with Crippen molar-refractivity contribution in [3.8, 4) is 6.07 Å². The number of hydrogen-bond acceptors (Lipinski definition) is 3. The topological polar surface area (TPSA) is 56.9 Å². The standard InChI is InChI=1S/C23H16Cl4N2O/c24-16-6-2-7-17(25)14(16)10-12-4-1-5-13-20(15(11-28)23(29)30-22(12)13)21-18(26)8-3-9-19(21)27/h2-3,6-10,15,20,29H,1,4-5H2/b12-10+,29-23?. The molecule has 152 valence electrons. The molecule has 1 N–H and O–H groups in total. The van der Waals surface area contributed by atoms with E-state index < -0.39 is 11.8 Å². The maximum Gasteiger partial charge on any atom is 0.205 e. The van der Waals surface area contributed by atoms with E-state index in [0.717, 1.165) is 30.4 Å². The Morgan fingerprint density at radius 2 is 1.57 bits per heavy atom. The number of benzene rings is 2. The van der Waals surface area contributed by atoms with Crippen LogP contribution in [0.3, 0.4) is 0 Å². The van der Waals surface area contributed by atoms with Gasteiger partial charge in [0.25, 0.3) is 0 Å². The molecule has 2 unspecified atom stereocenters. The van der Waals surface area contributed by atoms with Gasteiger partial charge in [-0.15, -0.1) is 0 Å². The fraction of sp³-hybridized carbons (Fsp3) is 0.217. The third-order valence-electron chi connectivity index (χ3n) is 5.45. The van der Waals surface area contributed by atoms with E-state index in [0.29, 0.717) is 37.0 Å². The average Bonchev–Trinajstić information content (AvgIpc) is 2.71. The minimum absolute atomic E-state index is 0.115. The fourth-order valence-corrected chi connectivity index (χ4v) is 5.24. The summed E-state index contributed by atoms with van der Waals surface area (Å²) >= 11 is 25.7. The zero-order valence-corrected chi connectivity index (χ0v) is 18.7. The summed E-state index contributed by atoms with van der Waals surface area (Å²) in [6.07, 6.45) is 4.24. The normalized spacial score (nSPS) is 22.5. The maximum atomic E-state index is 9.81. The highest BCUT2D eigenvalue weighted by Crippen LogP contribution is 2.50. The summed E-state index contributed by atoms with van der Waals surface area (Å²) < 4.78 is 5.89. The Morgan fingerprint density at radius 1 is 0.967 bits per heavy atom. The van der Waals surface area contributed by atoms with E-state index in [9.17, 15) is 5.26 Å². The van der Waals surface area contributed by atoms with E-state index in [1.165, 1.54) is 0 Å². The average molecular weight is 478 g/mol. The number of nitrogens with one attached hydrogen (secondary N) is 1. The molecule has 0 spiro atoms. The van der Waals surface area contributed by atoms with Crippen molar-refractivity contribution in [1.82, 2.24) is 0 Å². The lowest BCUT2D eigenvalue weighted by Gasteiger charge is -2.36. The Bertz CT molecular complexity index is 1110. The van der Waals surface area contributed by atoms with Crippen LogP contribution in [0.5, 0.6) is 0 Å². The molecule has 0 bridgehead atoms. The largest absolute Gasteiger partial charge is 0.442 e. The second-order valence-corrected chi connectivity index (χ2v) is 8.83. The van der Waals surface area contributed by atoms with Gasteiger partial charge in [-0.05, 0) is 66.3 Å². The predicted molar refractivity (Wildman–Crippen MR) is 122 cm³/mol. The molecular weight excluding hydrogens is 462 g/mol. The lowest BCUT2D eigenvalue weighted by Crippen LogP contribution is -2.32. The van der Waals surface area contributed by atoms with Crippen LogP contribution in [0.4, 0.5) is 0 Å². The Balaban J connectivity index is 1.92. The number of nitrogens with zero attached hydrogens (tertiary/aromatic N) is 1. The molecule has 0 radical (unpaired) electrons. The van der Waals surface area contributed by atoms with Gasteiger partial charge in [-0.2, -0.15) is 5.26 Å². The molecular formula is C23H16Cl4N2O. The molecule has 1 aliphatic heterocycles. The lowest BCUT2D eigenvalue weighted by molar-refractivity contribution is 0.335. The molecule has 4 rings (SSSR count). The van der Waals surface area contributed by atoms with Gasteiger partial charge in [0, 0.05) is 31.6 Å². The molecule has 0 saturated heterocycles. The fourth-order valence-electron chi connectivity index (χ4n) is 4.10. The highest BCUT2D eigenvalue weighted by atomic mass is 35.5. The Labute approximate surface area is 195 Å². The summed E-state index contributed by atoms with van der Waals surface area (Å²) in [5.74, 6) is -0.771. The third-order valence-corrected chi connectivity index (χ3v) is 6.77. The molecule has 2 atom stereocenters. The quantitative estimate of drug-likeness (QED) is 0.475. The molecule has 0 fully saturated rings. The van der Waals surface area contributed by atoms with E-state index in [2.05, 4.69) is 6.07 Å². The van der Waals surface area contributed by atoms with Gasteiger partial charge >= 0.3 is 0 Å². The van der Waals surface area contributed by atoms with Crippen molar-refractivity contribution >= 4 is 58.4 Å². The molecule has 1 aliphatic carbocycles. The van der Waals surface area contributed by atoms with Crippen molar-refractivity contribution in [2.75, 3.05) is 0 Å². The molecule has 3 nitrogen and oxygen atoms in total. The van der Waals surface area contributed by atoms with E-state index >= 15 is 0 Å². The van der Waals surface area contributed by atoms with Gasteiger partial charge in [0.1, 0.15) is 11.7 Å². The molecule has 2 aliphatic rings. The number of hydrogen-bond donors (Lipinski definition) is 1. The second kappa shape index (κ2) is 8.65. The van der Waals surface area contributed by atoms with Crippen molar-refractivity contribution in [3.05, 3.63) is 84.5 Å². The summed E-state index contributed by atoms with van der Waals surface area (Å²) in [4.78, 5) is 0. The minimum Gasteiger partial charge on any atom is -0.442 e. The van der Waals surface area contributed by atoms with Crippen LogP contribution in [-0.4, -0.2) is 5.90 Å². The van der Waals surface area contributed by atoms with Crippen LogP contribution in [0.15, 0.2) is 53.3 Å². The highest BCUT2D eigenvalue weighted by molar-refractivity contribution is 6.37. The van der Waals surface area contributed by atoms with E-state index in [4.69, 9.17) is 56.5 Å². The van der Waals surface area contributed by atoms with E-state index in [1.54, 1.807) is 36.4 Å². The van der Waals surface area contributed by atoms with Crippen LogP contribution < -0.4 is 0 Å². The van der Waals surface area contributed by atoms with Crippen molar-refractivity contribution < 1.29 is 4.74 Å². The Kier molecular flexibility index (Phi) is 6.14. The lowest BCUT2D eigenvalue weighted by atomic mass is 9.73. The van der Waals surface area contributed by atoms with Gasteiger partial charge in [-0.25, -0.2) is 0 Å². The van der Waals surface area contributed by atoms with Crippen molar-refractivity contribution in [2.45, 2.75) is 25.2 Å². The molecule has 30 heavy (non-hydrogen) atoms. The Morgan fingerprint density at radius 3 is 2.17 bits per heavy atom. The molecule has 2 aromatic carbocycles. The van der Waals surface area contributed by atoms with Gasteiger partial charge in [0.15, 0.2) is 0 Å². The van der Waals surface area contributed by atoms with Crippen LogP contribution >= 0.6 is 46.4 Å². The number of rotatable bonds is 2. The molecule has 2 aromatic rings. The molecule has 0 amide bonds. The number of nitriles is 1. The van der Waals surface area contributed by atoms with Gasteiger partial charge < -0.3 is 4.74 Å². The van der Waals surface area contributed by atoms with Gasteiger partial charge in [0.05, 0.1) is 6.07 Å². The first-order chi connectivity index (χ1) is 14.4.